The third-order valence-corrected chi connectivity index (χ3v) is 3.26. The molecule has 0 aromatic rings. The largest absolute Gasteiger partial charge is 0.489 e. The molecule has 0 aliphatic rings. The smallest absolute Gasteiger partial charge is 0.392 e. The van der Waals surface area contributed by atoms with E-state index in [0.717, 1.165) is 0 Å². The Balaban J connectivity index is 0. The zero-order valence-corrected chi connectivity index (χ0v) is 15.4. The van der Waals surface area contributed by atoms with Gasteiger partial charge in [0, 0.05) is 0 Å². The van der Waals surface area contributed by atoms with E-state index in [2.05, 4.69) is 38.0 Å². The molecule has 7 heteroatoms. The van der Waals surface area contributed by atoms with Crippen LogP contribution >= 0.6 is 0 Å². The molecule has 0 spiro atoms. The topological polar surface area (TPSA) is 81.1 Å². The summed E-state index contributed by atoms with van der Waals surface area (Å²) in [4.78, 5) is 23.4. The Morgan fingerprint density at radius 2 is 0.913 bits per heavy atom. The molecule has 0 amide bonds. The Morgan fingerprint density at radius 1 is 0.652 bits per heavy atom. The van der Waals surface area contributed by atoms with Crippen LogP contribution in [0.25, 0.3) is 0 Å². The molecular weight excluding hydrogens is 295 g/mol. The van der Waals surface area contributed by atoms with Gasteiger partial charge in [0.25, 0.3) is 11.7 Å². The van der Waals surface area contributed by atoms with Crippen LogP contribution in [0, 0.1) is 0 Å². The van der Waals surface area contributed by atoms with Crippen molar-refractivity contribution in [2.75, 3.05) is 41.3 Å². The number of hydrogen-bond acceptors (Lipinski definition) is 4. The maximum absolute atomic E-state index is 9.43. The summed E-state index contributed by atoms with van der Waals surface area (Å²) in [6.45, 7) is 2.51. The zero-order valence-electron chi connectivity index (χ0n) is 15.4. The lowest BCUT2D eigenvalue weighted by atomic mass is 9.80. The molecule has 136 valence electrons. The Labute approximate surface area is 142 Å². The first-order chi connectivity index (χ1) is 10.8. The van der Waals surface area contributed by atoms with E-state index in [1.807, 2.05) is 0 Å². The summed E-state index contributed by atoms with van der Waals surface area (Å²) in [5, 5.41) is 15.4. The second kappa shape index (κ2) is 17.3. The Bertz CT molecular complexity index is 272. The van der Waals surface area contributed by atoms with Crippen molar-refractivity contribution in [1.29, 1.82) is 0 Å². The van der Waals surface area contributed by atoms with Gasteiger partial charge < -0.3 is 20.0 Å². The summed E-state index contributed by atoms with van der Waals surface area (Å²) >= 11 is 0. The van der Waals surface area contributed by atoms with Gasteiger partial charge in [-0.15, -0.1) is 0 Å². The molecule has 2 N–H and O–H groups in total. The Kier molecular flexibility index (Phi) is 18.2. The van der Waals surface area contributed by atoms with Crippen LogP contribution in [0.3, 0.4) is 0 Å². The van der Waals surface area contributed by atoms with Crippen LogP contribution < -0.4 is 0 Å². The molecule has 0 aromatic heterocycles. The predicted molar refractivity (Wildman–Crippen MR) is 97.2 cm³/mol. The fraction of sp³-hybridized carbons (Fsp3) is 0.875. The molecule has 0 rings (SSSR count). The number of nitrogens with zero attached hydrogens (tertiary/aromatic N) is 2. The fourth-order valence-corrected chi connectivity index (χ4v) is 2.05. The molecule has 0 fully saturated rings. The highest BCUT2D eigenvalue weighted by Crippen LogP contribution is 2.08. The van der Waals surface area contributed by atoms with Crippen LogP contribution in [-0.2, 0) is 0 Å². The van der Waals surface area contributed by atoms with Gasteiger partial charge in [0.05, 0.1) is 0 Å². The first-order valence-electron chi connectivity index (χ1n) is 8.48. The molecule has 0 radical (unpaired) electrons. The first kappa shape index (κ1) is 24.2. The van der Waals surface area contributed by atoms with E-state index in [-0.39, 0.29) is 0 Å². The number of unbranched alkanes of at least 4 members (excludes halogenated alkanes) is 7. The maximum atomic E-state index is 9.43. The van der Waals surface area contributed by atoms with E-state index < -0.39 is 19.0 Å². The molecule has 0 bridgehead atoms. The molecule has 0 aliphatic heterocycles. The van der Waals surface area contributed by atoms with Crippen LogP contribution in [0.1, 0.15) is 51.4 Å². The lowest BCUT2D eigenvalue weighted by Gasteiger charge is -2.09. The molecular formula is C16H35BN2O4. The van der Waals surface area contributed by atoms with E-state index >= 15 is 0 Å². The molecule has 0 atom stereocenters. The highest BCUT2D eigenvalue weighted by Gasteiger charge is 2.07. The Morgan fingerprint density at radius 3 is 1.09 bits per heavy atom. The van der Waals surface area contributed by atoms with Crippen molar-refractivity contribution in [3.8, 4) is 0 Å². The molecule has 23 heavy (non-hydrogen) atoms. The van der Waals surface area contributed by atoms with Crippen LogP contribution in [0.5, 0.6) is 0 Å². The normalized spacial score (nSPS) is 10.3. The van der Waals surface area contributed by atoms with Crippen molar-refractivity contribution in [1.82, 2.24) is 9.80 Å². The van der Waals surface area contributed by atoms with E-state index in [1.54, 1.807) is 0 Å². The van der Waals surface area contributed by atoms with Crippen molar-refractivity contribution in [2.24, 2.45) is 0 Å². The quantitative estimate of drug-likeness (QED) is 0.399. The maximum Gasteiger partial charge on any atom is 0.392 e. The van der Waals surface area contributed by atoms with Crippen molar-refractivity contribution in [3.63, 3.8) is 0 Å². The molecule has 0 saturated heterocycles. The second-order valence-corrected chi connectivity index (χ2v) is 6.40. The number of hydrogen-bond donors (Lipinski definition) is 2. The van der Waals surface area contributed by atoms with Crippen molar-refractivity contribution in [3.05, 3.63) is 0 Å². The van der Waals surface area contributed by atoms with E-state index in [1.165, 1.54) is 64.5 Å². The molecule has 0 saturated carbocycles. The highest BCUT2D eigenvalue weighted by atomic mass is 16.4. The summed E-state index contributed by atoms with van der Waals surface area (Å²) in [7, 11) is 7.82. The average molecular weight is 330 g/mol. The third kappa shape index (κ3) is 29.6. The first-order valence-corrected chi connectivity index (χ1v) is 8.48. The lowest BCUT2D eigenvalue weighted by molar-refractivity contribution is 0.213. The molecule has 0 aromatic carbocycles. The predicted octanol–water partition coefficient (Wildman–Crippen LogP) is 3.01. The summed E-state index contributed by atoms with van der Waals surface area (Å²) in [5.41, 5.74) is 0. The standard InChI is InChI=1S/C14H32N2.C2H3BO4/c1-15(2)13-11-9-7-5-6-8-10-12-14-16(3)4;4-1(5)3-2(6)7/h5-14H2,1-4H3;3H,(H,4,5)(H,6,7). The van der Waals surface area contributed by atoms with Crippen molar-refractivity contribution in [2.45, 2.75) is 51.4 Å². The van der Waals surface area contributed by atoms with Crippen molar-refractivity contribution >= 4 is 19.0 Å². The zero-order chi connectivity index (χ0) is 18.1. The van der Waals surface area contributed by atoms with Gasteiger partial charge in [0.2, 0.25) is 0 Å². The third-order valence-electron chi connectivity index (χ3n) is 3.26. The minimum absolute atomic E-state index is 0.806. The van der Waals surface area contributed by atoms with Gasteiger partial charge in [-0.25, -0.2) is 0 Å². The van der Waals surface area contributed by atoms with Crippen LogP contribution in [0.15, 0.2) is 0 Å². The van der Waals surface area contributed by atoms with Gasteiger partial charge in [-0.1, -0.05) is 38.5 Å². The van der Waals surface area contributed by atoms with Gasteiger partial charge in [-0.05, 0) is 54.1 Å². The monoisotopic (exact) mass is 330 g/mol. The average Bonchev–Trinajstić information content (AvgIpc) is 2.39. The van der Waals surface area contributed by atoms with Gasteiger partial charge in [-0.3, -0.25) is 9.59 Å². The number of carboxylic acid groups (broad SMARTS) is 2. The fourth-order valence-electron chi connectivity index (χ4n) is 2.05. The van der Waals surface area contributed by atoms with Gasteiger partial charge in [0.15, 0.2) is 0 Å². The summed E-state index contributed by atoms with van der Waals surface area (Å²) in [5.74, 6) is -2.62. The van der Waals surface area contributed by atoms with Crippen LogP contribution in [-0.4, -0.2) is 80.3 Å². The van der Waals surface area contributed by atoms with E-state index in [0.29, 0.717) is 0 Å². The molecule has 0 aliphatic carbocycles. The molecule has 0 unspecified atom stereocenters. The minimum atomic E-state index is -1.31. The van der Waals surface area contributed by atoms with Crippen LogP contribution in [0.2, 0.25) is 0 Å². The van der Waals surface area contributed by atoms with Gasteiger partial charge in [0.1, 0.15) is 0 Å². The van der Waals surface area contributed by atoms with Gasteiger partial charge in [-0.2, -0.15) is 0 Å². The van der Waals surface area contributed by atoms with Crippen LogP contribution in [0.4, 0.5) is 9.59 Å². The molecule has 0 heterocycles. The van der Waals surface area contributed by atoms with Crippen molar-refractivity contribution < 1.29 is 19.8 Å². The Hall–Kier alpha value is -1.08. The van der Waals surface area contributed by atoms with E-state index in [4.69, 9.17) is 10.2 Å². The molecule has 6 nitrogen and oxygen atoms in total. The highest BCUT2D eigenvalue weighted by molar-refractivity contribution is 6.94. The minimum Gasteiger partial charge on any atom is -0.489 e. The second-order valence-electron chi connectivity index (χ2n) is 6.40. The van der Waals surface area contributed by atoms with Gasteiger partial charge >= 0.3 is 7.28 Å². The summed E-state index contributed by atoms with van der Waals surface area (Å²) in [6.07, 6.45) is 11.3. The van der Waals surface area contributed by atoms with E-state index in [9.17, 15) is 9.59 Å². The SMILES string of the molecule is CN(C)CCCCCCCCCCN(C)C.O=C(O)BC(=O)O. The summed E-state index contributed by atoms with van der Waals surface area (Å²) < 4.78 is 0. The number of rotatable bonds is 13. The lowest BCUT2D eigenvalue weighted by Crippen LogP contribution is -2.14. The summed E-state index contributed by atoms with van der Waals surface area (Å²) in [6, 6.07) is 0. The number of carbonyl (C=O) groups is 2.